The third-order valence-corrected chi connectivity index (χ3v) is 3.39. The molecule has 0 aromatic heterocycles. The van der Waals surface area contributed by atoms with Gasteiger partial charge in [-0.25, -0.2) is 0 Å². The van der Waals surface area contributed by atoms with Crippen LogP contribution in [0.1, 0.15) is 40.0 Å². The number of carbonyl (C=O) groups is 1. The van der Waals surface area contributed by atoms with E-state index in [2.05, 4.69) is 17.1 Å². The number of carbonyl (C=O) groups excluding carboxylic acids is 1. The molecule has 1 fully saturated rings. The maximum atomic E-state index is 11.5. The van der Waals surface area contributed by atoms with Crippen LogP contribution in [-0.2, 0) is 9.53 Å². The maximum Gasteiger partial charge on any atom is 0.322 e. The summed E-state index contributed by atoms with van der Waals surface area (Å²) in [4.78, 5) is 14.0. The second-order valence-electron chi connectivity index (χ2n) is 4.70. The van der Waals surface area contributed by atoms with E-state index in [0.29, 0.717) is 12.6 Å². The fourth-order valence-corrected chi connectivity index (χ4v) is 2.33. The average Bonchev–Trinajstić information content (AvgIpc) is 2.54. The van der Waals surface area contributed by atoms with Gasteiger partial charge in [-0.1, -0.05) is 6.92 Å². The van der Waals surface area contributed by atoms with E-state index in [0.717, 1.165) is 25.9 Å². The Balaban J connectivity index is 2.33. The molecule has 1 saturated heterocycles. The average molecular weight is 242 g/mol. The van der Waals surface area contributed by atoms with Crippen molar-refractivity contribution in [1.29, 1.82) is 0 Å². The lowest BCUT2D eigenvalue weighted by molar-refractivity contribution is -0.145. The summed E-state index contributed by atoms with van der Waals surface area (Å²) in [7, 11) is 0. The molecular weight excluding hydrogens is 216 g/mol. The maximum absolute atomic E-state index is 11.5. The number of esters is 1. The van der Waals surface area contributed by atoms with Gasteiger partial charge >= 0.3 is 5.97 Å². The molecule has 1 N–H and O–H groups in total. The van der Waals surface area contributed by atoms with Gasteiger partial charge in [-0.05, 0) is 52.7 Å². The van der Waals surface area contributed by atoms with E-state index in [1.165, 1.54) is 13.0 Å². The molecule has 0 amide bonds. The third-order valence-electron chi connectivity index (χ3n) is 3.39. The second-order valence-corrected chi connectivity index (χ2v) is 4.70. The molecule has 0 aliphatic carbocycles. The molecule has 0 aromatic carbocycles. The van der Waals surface area contributed by atoms with Crippen molar-refractivity contribution >= 4 is 5.97 Å². The minimum Gasteiger partial charge on any atom is -0.465 e. The molecule has 0 saturated carbocycles. The zero-order valence-corrected chi connectivity index (χ0v) is 11.4. The Morgan fingerprint density at radius 2 is 2.18 bits per heavy atom. The first-order valence-corrected chi connectivity index (χ1v) is 6.82. The van der Waals surface area contributed by atoms with Crippen LogP contribution in [0.3, 0.4) is 0 Å². The first kappa shape index (κ1) is 14.5. The van der Waals surface area contributed by atoms with Gasteiger partial charge in [0.25, 0.3) is 0 Å². The number of hydrogen-bond acceptors (Lipinski definition) is 4. The van der Waals surface area contributed by atoms with Crippen LogP contribution in [0.2, 0.25) is 0 Å². The van der Waals surface area contributed by atoms with Crippen molar-refractivity contribution in [2.75, 3.05) is 26.2 Å². The number of hydrogen-bond donors (Lipinski definition) is 1. The van der Waals surface area contributed by atoms with Crippen LogP contribution in [-0.4, -0.2) is 49.2 Å². The van der Waals surface area contributed by atoms with Gasteiger partial charge < -0.3 is 15.0 Å². The predicted octanol–water partition coefficient (Wildman–Crippen LogP) is 1.40. The monoisotopic (exact) mass is 242 g/mol. The van der Waals surface area contributed by atoms with E-state index in [9.17, 15) is 4.79 Å². The lowest BCUT2D eigenvalue weighted by atomic mass is 10.1. The Labute approximate surface area is 105 Å². The summed E-state index contributed by atoms with van der Waals surface area (Å²) in [5, 5.41) is 3.39. The Kier molecular flexibility index (Phi) is 6.52. The molecular formula is C13H26N2O2. The third kappa shape index (κ3) is 5.04. The van der Waals surface area contributed by atoms with Crippen LogP contribution >= 0.6 is 0 Å². The molecule has 4 heteroatoms. The lowest BCUT2D eigenvalue weighted by Crippen LogP contribution is -2.42. The molecule has 2 atom stereocenters. The molecule has 0 spiro atoms. The largest absolute Gasteiger partial charge is 0.465 e. The van der Waals surface area contributed by atoms with Gasteiger partial charge in [-0.3, -0.25) is 4.79 Å². The van der Waals surface area contributed by atoms with Gasteiger partial charge in [0.1, 0.15) is 6.04 Å². The topological polar surface area (TPSA) is 41.6 Å². The zero-order chi connectivity index (χ0) is 12.7. The predicted molar refractivity (Wildman–Crippen MR) is 69.0 cm³/mol. The molecule has 0 radical (unpaired) electrons. The van der Waals surface area contributed by atoms with Crippen LogP contribution in [0, 0.1) is 0 Å². The highest BCUT2D eigenvalue weighted by molar-refractivity contribution is 5.75. The number of rotatable bonds is 5. The summed E-state index contributed by atoms with van der Waals surface area (Å²) >= 11 is 0. The van der Waals surface area contributed by atoms with Crippen LogP contribution in [0.4, 0.5) is 0 Å². The van der Waals surface area contributed by atoms with E-state index in [1.807, 2.05) is 13.8 Å². The van der Waals surface area contributed by atoms with Crippen LogP contribution < -0.4 is 5.32 Å². The van der Waals surface area contributed by atoms with Gasteiger partial charge in [0.15, 0.2) is 0 Å². The molecule has 100 valence electrons. The van der Waals surface area contributed by atoms with Crippen LogP contribution in [0.25, 0.3) is 0 Å². The van der Waals surface area contributed by atoms with Crippen LogP contribution in [0.5, 0.6) is 0 Å². The quantitative estimate of drug-likeness (QED) is 0.740. The van der Waals surface area contributed by atoms with Crippen molar-refractivity contribution in [2.45, 2.75) is 52.1 Å². The van der Waals surface area contributed by atoms with Crippen molar-refractivity contribution in [3.63, 3.8) is 0 Å². The fraction of sp³-hybridized carbons (Fsp3) is 0.923. The van der Waals surface area contributed by atoms with Gasteiger partial charge in [0, 0.05) is 6.04 Å². The van der Waals surface area contributed by atoms with Crippen molar-refractivity contribution in [3.05, 3.63) is 0 Å². The molecule has 0 bridgehead atoms. The number of nitrogens with zero attached hydrogens (tertiary/aromatic N) is 1. The minimum absolute atomic E-state index is 0.135. The summed E-state index contributed by atoms with van der Waals surface area (Å²) in [6.45, 7) is 9.83. The highest BCUT2D eigenvalue weighted by atomic mass is 16.5. The fourth-order valence-electron chi connectivity index (χ4n) is 2.33. The second kappa shape index (κ2) is 7.67. The Morgan fingerprint density at radius 1 is 1.41 bits per heavy atom. The molecule has 1 aliphatic heterocycles. The number of nitrogens with one attached hydrogen (secondary N) is 1. The Bertz CT molecular complexity index is 233. The summed E-state index contributed by atoms with van der Waals surface area (Å²) in [6, 6.07) is 0.263. The van der Waals surface area contributed by atoms with Crippen molar-refractivity contribution < 1.29 is 9.53 Å². The first-order valence-electron chi connectivity index (χ1n) is 6.82. The summed E-state index contributed by atoms with van der Waals surface area (Å²) < 4.78 is 5.01. The van der Waals surface area contributed by atoms with Gasteiger partial charge in [0.2, 0.25) is 0 Å². The Morgan fingerprint density at radius 3 is 2.82 bits per heavy atom. The van der Waals surface area contributed by atoms with E-state index < -0.39 is 0 Å². The molecule has 1 aliphatic rings. The van der Waals surface area contributed by atoms with E-state index >= 15 is 0 Å². The van der Waals surface area contributed by atoms with Crippen molar-refractivity contribution in [1.82, 2.24) is 10.2 Å². The smallest absolute Gasteiger partial charge is 0.322 e. The molecule has 0 aromatic rings. The SMILES string of the molecule is CCOC(=O)C(C)NC1CCCN(CC)CC1. The molecule has 17 heavy (non-hydrogen) atoms. The standard InChI is InChI=1S/C13H26N2O2/c1-4-15-9-6-7-12(8-10-15)14-11(3)13(16)17-5-2/h11-12,14H,4-10H2,1-3H3. The minimum atomic E-state index is -0.187. The van der Waals surface area contributed by atoms with Gasteiger partial charge in [-0.15, -0.1) is 0 Å². The lowest BCUT2D eigenvalue weighted by Gasteiger charge is -2.21. The highest BCUT2D eigenvalue weighted by Crippen LogP contribution is 2.11. The summed E-state index contributed by atoms with van der Waals surface area (Å²) in [5.41, 5.74) is 0. The van der Waals surface area contributed by atoms with Crippen molar-refractivity contribution in [3.8, 4) is 0 Å². The van der Waals surface area contributed by atoms with Crippen molar-refractivity contribution in [2.24, 2.45) is 0 Å². The summed E-state index contributed by atoms with van der Waals surface area (Å²) in [6.07, 6.45) is 3.49. The molecule has 1 rings (SSSR count). The van der Waals surface area contributed by atoms with E-state index in [4.69, 9.17) is 4.74 Å². The molecule has 2 unspecified atom stereocenters. The van der Waals surface area contributed by atoms with Gasteiger partial charge in [0.05, 0.1) is 6.61 Å². The normalized spacial score (nSPS) is 24.1. The first-order chi connectivity index (χ1) is 8.17. The van der Waals surface area contributed by atoms with E-state index in [-0.39, 0.29) is 12.0 Å². The molecule has 4 nitrogen and oxygen atoms in total. The Hall–Kier alpha value is -0.610. The highest BCUT2D eigenvalue weighted by Gasteiger charge is 2.21. The summed E-state index contributed by atoms with van der Waals surface area (Å²) in [5.74, 6) is -0.135. The van der Waals surface area contributed by atoms with E-state index in [1.54, 1.807) is 0 Å². The number of likely N-dealkylation sites (tertiary alicyclic amines) is 1. The zero-order valence-electron chi connectivity index (χ0n) is 11.4. The van der Waals surface area contributed by atoms with Crippen LogP contribution in [0.15, 0.2) is 0 Å². The molecule has 1 heterocycles. The van der Waals surface area contributed by atoms with Gasteiger partial charge in [-0.2, -0.15) is 0 Å². The number of ether oxygens (including phenoxy) is 1.